The zero-order chi connectivity index (χ0) is 13.7. The molecule has 0 radical (unpaired) electrons. The van der Waals surface area contributed by atoms with E-state index >= 15 is 0 Å². The fourth-order valence-electron chi connectivity index (χ4n) is 1.59. The Kier molecular flexibility index (Phi) is 4.57. The number of nitrogens with zero attached hydrogens (tertiary/aromatic N) is 4. The second-order valence-corrected chi connectivity index (χ2v) is 5.07. The summed E-state index contributed by atoms with van der Waals surface area (Å²) < 4.78 is 0. The maximum atomic E-state index is 12.1. The van der Waals surface area contributed by atoms with E-state index in [9.17, 15) is 4.79 Å². The molecule has 100 valence electrons. The van der Waals surface area contributed by atoms with Crippen molar-refractivity contribution in [3.05, 3.63) is 29.7 Å². The number of amides is 1. The highest BCUT2D eigenvalue weighted by atomic mass is 32.1. The first-order chi connectivity index (χ1) is 9.22. The average Bonchev–Trinajstić information content (AvgIpc) is 2.94. The third-order valence-corrected chi connectivity index (χ3v) is 3.56. The lowest BCUT2D eigenvalue weighted by molar-refractivity contribution is 0.0788. The van der Waals surface area contributed by atoms with Gasteiger partial charge in [-0.05, 0) is 6.42 Å². The SMILES string of the molecule is CCCCN(C)C(=O)c1csc(-c2cnccn2)n1. The quantitative estimate of drug-likeness (QED) is 0.841. The van der Waals surface area contributed by atoms with Crippen molar-refractivity contribution in [2.45, 2.75) is 19.8 Å². The van der Waals surface area contributed by atoms with Crippen LogP contribution in [0, 0.1) is 0 Å². The van der Waals surface area contributed by atoms with Crippen molar-refractivity contribution >= 4 is 17.2 Å². The lowest BCUT2D eigenvalue weighted by atomic mass is 10.3. The summed E-state index contributed by atoms with van der Waals surface area (Å²) in [7, 11) is 1.80. The molecule has 0 N–H and O–H groups in total. The van der Waals surface area contributed by atoms with Crippen LogP contribution in [-0.4, -0.2) is 39.4 Å². The molecule has 6 heteroatoms. The predicted octanol–water partition coefficient (Wildman–Crippen LogP) is 2.47. The van der Waals surface area contributed by atoms with Gasteiger partial charge < -0.3 is 4.90 Å². The van der Waals surface area contributed by atoms with Gasteiger partial charge in [-0.3, -0.25) is 14.8 Å². The highest BCUT2D eigenvalue weighted by molar-refractivity contribution is 7.13. The van der Waals surface area contributed by atoms with Gasteiger partial charge in [0.15, 0.2) is 0 Å². The molecular weight excluding hydrogens is 260 g/mol. The average molecular weight is 276 g/mol. The summed E-state index contributed by atoms with van der Waals surface area (Å²) in [6.07, 6.45) is 6.95. The molecule has 0 spiro atoms. The van der Waals surface area contributed by atoms with Crippen LogP contribution < -0.4 is 0 Å². The smallest absolute Gasteiger partial charge is 0.273 e. The summed E-state index contributed by atoms with van der Waals surface area (Å²) in [4.78, 5) is 26.3. The number of hydrogen-bond acceptors (Lipinski definition) is 5. The van der Waals surface area contributed by atoms with Gasteiger partial charge in [-0.15, -0.1) is 11.3 Å². The van der Waals surface area contributed by atoms with E-state index in [1.54, 1.807) is 35.9 Å². The first-order valence-electron chi connectivity index (χ1n) is 6.19. The Morgan fingerprint density at radius 3 is 2.95 bits per heavy atom. The Labute approximate surface area is 116 Å². The molecule has 0 unspecified atom stereocenters. The number of carbonyl (C=O) groups excluding carboxylic acids is 1. The van der Waals surface area contributed by atoms with Gasteiger partial charge in [-0.2, -0.15) is 0 Å². The molecule has 0 bridgehead atoms. The van der Waals surface area contributed by atoms with Gasteiger partial charge in [-0.25, -0.2) is 4.98 Å². The zero-order valence-electron chi connectivity index (χ0n) is 11.0. The summed E-state index contributed by atoms with van der Waals surface area (Å²) in [6, 6.07) is 0. The molecule has 5 nitrogen and oxygen atoms in total. The molecule has 2 heterocycles. The molecule has 0 aliphatic carbocycles. The van der Waals surface area contributed by atoms with Crippen LogP contribution in [0.4, 0.5) is 0 Å². The monoisotopic (exact) mass is 276 g/mol. The number of carbonyl (C=O) groups is 1. The van der Waals surface area contributed by atoms with Crippen molar-refractivity contribution in [2.75, 3.05) is 13.6 Å². The maximum Gasteiger partial charge on any atom is 0.273 e. The van der Waals surface area contributed by atoms with Crippen molar-refractivity contribution in [1.29, 1.82) is 0 Å². The minimum absolute atomic E-state index is 0.0418. The lowest BCUT2D eigenvalue weighted by Crippen LogP contribution is -2.27. The fourth-order valence-corrected chi connectivity index (χ4v) is 2.35. The van der Waals surface area contributed by atoms with Gasteiger partial charge in [-0.1, -0.05) is 13.3 Å². The number of aromatic nitrogens is 3. The highest BCUT2D eigenvalue weighted by Gasteiger charge is 2.16. The minimum Gasteiger partial charge on any atom is -0.340 e. The Morgan fingerprint density at radius 1 is 1.42 bits per heavy atom. The molecule has 0 saturated heterocycles. The molecule has 0 aromatic carbocycles. The van der Waals surface area contributed by atoms with Crippen molar-refractivity contribution in [1.82, 2.24) is 19.9 Å². The van der Waals surface area contributed by atoms with Crippen LogP contribution in [0.5, 0.6) is 0 Å². The molecule has 0 atom stereocenters. The molecule has 2 aromatic heterocycles. The molecular formula is C13H16N4OS. The predicted molar refractivity (Wildman–Crippen MR) is 75.0 cm³/mol. The van der Waals surface area contributed by atoms with E-state index in [4.69, 9.17) is 0 Å². The Hall–Kier alpha value is -1.82. The summed E-state index contributed by atoms with van der Waals surface area (Å²) in [5.74, 6) is -0.0418. The number of unbranched alkanes of at least 4 members (excludes halogenated alkanes) is 1. The van der Waals surface area contributed by atoms with E-state index in [1.807, 2.05) is 0 Å². The molecule has 2 aromatic rings. The molecule has 0 fully saturated rings. The first kappa shape index (κ1) is 13.6. The van der Waals surface area contributed by atoms with E-state index in [0.717, 1.165) is 24.4 Å². The van der Waals surface area contributed by atoms with Gasteiger partial charge in [0.25, 0.3) is 5.91 Å². The van der Waals surface area contributed by atoms with Crippen LogP contribution in [0.3, 0.4) is 0 Å². The Morgan fingerprint density at radius 2 is 2.26 bits per heavy atom. The number of thiazole rings is 1. The van der Waals surface area contributed by atoms with Crippen molar-refractivity contribution in [2.24, 2.45) is 0 Å². The van der Waals surface area contributed by atoms with E-state index < -0.39 is 0 Å². The van der Waals surface area contributed by atoms with Crippen molar-refractivity contribution < 1.29 is 4.79 Å². The molecule has 1 amide bonds. The fraction of sp³-hybridized carbons (Fsp3) is 0.385. The molecule has 0 aliphatic heterocycles. The number of rotatable bonds is 5. The topological polar surface area (TPSA) is 59.0 Å². The van der Waals surface area contributed by atoms with Gasteiger partial charge in [0.05, 0.1) is 6.20 Å². The van der Waals surface area contributed by atoms with Crippen LogP contribution in [-0.2, 0) is 0 Å². The maximum absolute atomic E-state index is 12.1. The van der Waals surface area contributed by atoms with Gasteiger partial charge >= 0.3 is 0 Å². The van der Waals surface area contributed by atoms with Crippen LogP contribution >= 0.6 is 11.3 Å². The summed E-state index contributed by atoms with van der Waals surface area (Å²) in [5, 5.41) is 2.50. The third kappa shape index (κ3) is 3.35. The highest BCUT2D eigenvalue weighted by Crippen LogP contribution is 2.21. The zero-order valence-corrected chi connectivity index (χ0v) is 11.9. The second-order valence-electron chi connectivity index (χ2n) is 4.21. The van der Waals surface area contributed by atoms with E-state index in [0.29, 0.717) is 11.4 Å². The van der Waals surface area contributed by atoms with Gasteiger partial charge in [0.1, 0.15) is 16.4 Å². The second kappa shape index (κ2) is 6.38. The van der Waals surface area contributed by atoms with Crippen molar-refractivity contribution in [3.8, 4) is 10.7 Å². The Balaban J connectivity index is 2.11. The molecule has 0 saturated carbocycles. The first-order valence-corrected chi connectivity index (χ1v) is 7.07. The number of hydrogen-bond donors (Lipinski definition) is 0. The van der Waals surface area contributed by atoms with Gasteiger partial charge in [0, 0.05) is 31.4 Å². The molecule has 19 heavy (non-hydrogen) atoms. The minimum atomic E-state index is -0.0418. The van der Waals surface area contributed by atoms with Crippen LogP contribution in [0.1, 0.15) is 30.3 Å². The summed E-state index contributed by atoms with van der Waals surface area (Å²) >= 11 is 1.41. The van der Waals surface area contributed by atoms with Crippen LogP contribution in [0.25, 0.3) is 10.7 Å². The molecule has 0 aliphatic rings. The van der Waals surface area contributed by atoms with E-state index in [1.165, 1.54) is 11.3 Å². The van der Waals surface area contributed by atoms with Crippen LogP contribution in [0.2, 0.25) is 0 Å². The van der Waals surface area contributed by atoms with E-state index in [-0.39, 0.29) is 5.91 Å². The van der Waals surface area contributed by atoms with Crippen LogP contribution in [0.15, 0.2) is 24.0 Å². The largest absolute Gasteiger partial charge is 0.340 e. The summed E-state index contributed by atoms with van der Waals surface area (Å²) in [6.45, 7) is 2.86. The normalized spacial score (nSPS) is 10.4. The Bertz CT molecular complexity index is 541. The van der Waals surface area contributed by atoms with E-state index in [2.05, 4.69) is 21.9 Å². The third-order valence-electron chi connectivity index (χ3n) is 2.70. The standard InChI is InChI=1S/C13H16N4OS/c1-3-4-7-17(2)13(18)11-9-19-12(16-11)10-8-14-5-6-15-10/h5-6,8-9H,3-4,7H2,1-2H3. The molecule has 2 rings (SSSR count). The van der Waals surface area contributed by atoms with Crippen molar-refractivity contribution in [3.63, 3.8) is 0 Å². The lowest BCUT2D eigenvalue weighted by Gasteiger charge is -2.14. The van der Waals surface area contributed by atoms with Gasteiger partial charge in [0.2, 0.25) is 0 Å². The summed E-state index contributed by atoms with van der Waals surface area (Å²) in [5.41, 5.74) is 1.17.